The molecule has 0 bridgehead atoms. The minimum absolute atomic E-state index is 0.0181. The first-order chi connectivity index (χ1) is 13.8. The zero-order chi connectivity index (χ0) is 21.1. The maximum Gasteiger partial charge on any atom is 0.295 e. The minimum atomic E-state index is -0.735. The molecule has 0 aliphatic carbocycles. The predicted molar refractivity (Wildman–Crippen MR) is 113 cm³/mol. The van der Waals surface area contributed by atoms with Crippen LogP contribution in [0, 0.1) is 5.82 Å². The van der Waals surface area contributed by atoms with Crippen LogP contribution >= 0.6 is 15.9 Å². The second-order valence-electron chi connectivity index (χ2n) is 7.21. The van der Waals surface area contributed by atoms with E-state index < -0.39 is 23.5 Å². The Balaban J connectivity index is 2.09. The number of carbonyl (C=O) groups excluding carboxylic acids is 2. The molecule has 2 aromatic carbocycles. The number of benzene rings is 2. The highest BCUT2D eigenvalue weighted by atomic mass is 79.9. The van der Waals surface area contributed by atoms with Crippen LogP contribution in [-0.4, -0.2) is 53.8 Å². The Kier molecular flexibility index (Phi) is 6.49. The van der Waals surface area contributed by atoms with Crippen LogP contribution in [0.15, 0.2) is 58.6 Å². The van der Waals surface area contributed by atoms with E-state index in [0.29, 0.717) is 18.5 Å². The summed E-state index contributed by atoms with van der Waals surface area (Å²) < 4.78 is 14.1. The number of ketones is 1. The molecule has 5 nitrogen and oxygen atoms in total. The van der Waals surface area contributed by atoms with Crippen LogP contribution in [0.25, 0.3) is 5.76 Å². The van der Waals surface area contributed by atoms with Crippen molar-refractivity contribution in [1.82, 2.24) is 9.80 Å². The lowest BCUT2D eigenvalue weighted by molar-refractivity contribution is -0.139. The highest BCUT2D eigenvalue weighted by molar-refractivity contribution is 9.10. The number of Topliss-reactive ketones (excluding diaryl/α,β-unsaturated/α-hetero) is 1. The summed E-state index contributed by atoms with van der Waals surface area (Å²) in [5.74, 6) is -2.13. The molecule has 0 unspecified atom stereocenters. The van der Waals surface area contributed by atoms with E-state index in [1.54, 1.807) is 0 Å². The van der Waals surface area contributed by atoms with Gasteiger partial charge in [0, 0.05) is 16.6 Å². The number of likely N-dealkylation sites (tertiary alicyclic amines) is 1. The summed E-state index contributed by atoms with van der Waals surface area (Å²) in [5, 5.41) is 10.9. The maximum absolute atomic E-state index is 13.3. The molecule has 29 heavy (non-hydrogen) atoms. The first kappa shape index (κ1) is 21.2. The summed E-state index contributed by atoms with van der Waals surface area (Å²) >= 11 is 3.43. The number of hydrogen-bond acceptors (Lipinski definition) is 4. The smallest absolute Gasteiger partial charge is 0.295 e. The highest BCUT2D eigenvalue weighted by Gasteiger charge is 2.45. The second-order valence-corrected chi connectivity index (χ2v) is 8.13. The number of rotatable bonds is 6. The monoisotopic (exact) mass is 460 g/mol. The molecule has 0 radical (unpaired) electrons. The van der Waals surface area contributed by atoms with E-state index in [1.807, 2.05) is 43.3 Å². The van der Waals surface area contributed by atoms with Crippen LogP contribution in [0.1, 0.15) is 23.6 Å². The molecule has 7 heteroatoms. The van der Waals surface area contributed by atoms with E-state index in [9.17, 15) is 19.1 Å². The third kappa shape index (κ3) is 4.57. The molecule has 1 saturated heterocycles. The van der Waals surface area contributed by atoms with Crippen molar-refractivity contribution in [2.75, 3.05) is 27.2 Å². The average Bonchev–Trinajstić information content (AvgIpc) is 2.93. The summed E-state index contributed by atoms with van der Waals surface area (Å²) in [7, 11) is 3.88. The highest BCUT2D eigenvalue weighted by Crippen LogP contribution is 2.40. The Bertz CT molecular complexity index is 957. The van der Waals surface area contributed by atoms with E-state index in [2.05, 4.69) is 15.9 Å². The van der Waals surface area contributed by atoms with Crippen molar-refractivity contribution in [2.24, 2.45) is 0 Å². The van der Waals surface area contributed by atoms with Crippen molar-refractivity contribution >= 4 is 33.4 Å². The van der Waals surface area contributed by atoms with Crippen molar-refractivity contribution in [3.05, 3.63) is 75.5 Å². The molecule has 1 fully saturated rings. The van der Waals surface area contributed by atoms with Gasteiger partial charge in [-0.1, -0.05) is 28.1 Å². The van der Waals surface area contributed by atoms with Crippen LogP contribution in [0.2, 0.25) is 0 Å². The van der Waals surface area contributed by atoms with Crippen molar-refractivity contribution in [2.45, 2.75) is 12.5 Å². The maximum atomic E-state index is 13.3. The number of hydrogen-bond donors (Lipinski definition) is 1. The average molecular weight is 461 g/mol. The molecule has 152 valence electrons. The fraction of sp³-hybridized carbons (Fsp3) is 0.273. The summed E-state index contributed by atoms with van der Waals surface area (Å²) in [6, 6.07) is 11.8. The Morgan fingerprint density at radius 2 is 1.86 bits per heavy atom. The summed E-state index contributed by atoms with van der Waals surface area (Å²) in [5.41, 5.74) is 1.02. The van der Waals surface area contributed by atoms with Gasteiger partial charge in [0.05, 0.1) is 11.6 Å². The van der Waals surface area contributed by atoms with Crippen LogP contribution in [-0.2, 0) is 9.59 Å². The molecule has 1 amide bonds. The molecule has 1 aliphatic heterocycles. The molecule has 1 heterocycles. The van der Waals surface area contributed by atoms with Gasteiger partial charge >= 0.3 is 0 Å². The standard InChI is InChI=1S/C22H22BrFN2O3/c1-25(2)11-4-12-26-19(15-5-3-6-16(23)13-15)18(21(28)22(26)29)20(27)14-7-9-17(24)10-8-14/h3,5-10,13,19,27H,4,11-12H2,1-2H3/b20-18+/t19-/m0/s1. The first-order valence-corrected chi connectivity index (χ1v) is 10.0. The normalized spacial score (nSPS) is 18.7. The molecule has 2 aromatic rings. The van der Waals surface area contributed by atoms with Gasteiger partial charge in [-0.15, -0.1) is 0 Å². The SMILES string of the molecule is CN(C)CCCN1C(=O)C(=O)/C(=C(/O)c2ccc(F)cc2)[C@@H]1c1cccc(Br)c1. The lowest BCUT2D eigenvalue weighted by Gasteiger charge is -2.26. The molecular formula is C22H22BrFN2O3. The van der Waals surface area contributed by atoms with Gasteiger partial charge < -0.3 is 14.9 Å². The van der Waals surface area contributed by atoms with Crippen LogP contribution in [0.5, 0.6) is 0 Å². The quantitative estimate of drug-likeness (QED) is 0.402. The van der Waals surface area contributed by atoms with Gasteiger partial charge in [0.25, 0.3) is 11.7 Å². The van der Waals surface area contributed by atoms with E-state index in [0.717, 1.165) is 11.0 Å². The molecule has 0 spiro atoms. The third-order valence-corrected chi connectivity index (χ3v) is 5.32. The lowest BCUT2D eigenvalue weighted by Crippen LogP contribution is -2.32. The van der Waals surface area contributed by atoms with Gasteiger partial charge in [-0.2, -0.15) is 0 Å². The zero-order valence-corrected chi connectivity index (χ0v) is 17.8. The Hall–Kier alpha value is -2.51. The molecule has 1 N–H and O–H groups in total. The topological polar surface area (TPSA) is 60.9 Å². The summed E-state index contributed by atoms with van der Waals surface area (Å²) in [6.45, 7) is 1.13. The third-order valence-electron chi connectivity index (χ3n) is 4.83. The van der Waals surface area contributed by atoms with E-state index in [4.69, 9.17) is 0 Å². The zero-order valence-electron chi connectivity index (χ0n) is 16.2. The number of carbonyl (C=O) groups is 2. The molecule has 3 rings (SSSR count). The lowest BCUT2D eigenvalue weighted by atomic mass is 9.95. The van der Waals surface area contributed by atoms with Crippen molar-refractivity contribution in [1.29, 1.82) is 0 Å². The second kappa shape index (κ2) is 8.88. The Labute approximate surface area is 177 Å². The van der Waals surface area contributed by atoms with Crippen molar-refractivity contribution < 1.29 is 19.1 Å². The van der Waals surface area contributed by atoms with Crippen molar-refractivity contribution in [3.8, 4) is 0 Å². The van der Waals surface area contributed by atoms with Gasteiger partial charge in [-0.05, 0) is 69.0 Å². The first-order valence-electron chi connectivity index (χ1n) is 9.24. The van der Waals surface area contributed by atoms with Crippen LogP contribution in [0.3, 0.4) is 0 Å². The number of halogens is 2. The molecule has 0 aromatic heterocycles. The van der Waals surface area contributed by atoms with Gasteiger partial charge in [0.15, 0.2) is 0 Å². The van der Waals surface area contributed by atoms with Crippen LogP contribution in [0.4, 0.5) is 4.39 Å². The van der Waals surface area contributed by atoms with Gasteiger partial charge in [0.1, 0.15) is 11.6 Å². The number of nitrogens with zero attached hydrogens (tertiary/aromatic N) is 2. The van der Waals surface area contributed by atoms with Gasteiger partial charge in [0.2, 0.25) is 0 Å². The molecular weight excluding hydrogens is 439 g/mol. The Morgan fingerprint density at radius 1 is 1.17 bits per heavy atom. The van der Waals surface area contributed by atoms with Crippen LogP contribution < -0.4 is 0 Å². The Morgan fingerprint density at radius 3 is 2.48 bits per heavy atom. The van der Waals surface area contributed by atoms with E-state index in [-0.39, 0.29) is 16.9 Å². The fourth-order valence-electron chi connectivity index (χ4n) is 3.45. The van der Waals surface area contributed by atoms with Gasteiger partial charge in [-0.3, -0.25) is 9.59 Å². The number of amides is 1. The molecule has 1 atom stereocenters. The predicted octanol–water partition coefficient (Wildman–Crippen LogP) is 3.96. The number of aliphatic hydroxyl groups excluding tert-OH is 1. The van der Waals surface area contributed by atoms with Crippen molar-refractivity contribution in [3.63, 3.8) is 0 Å². The summed E-state index contributed by atoms with van der Waals surface area (Å²) in [6.07, 6.45) is 0.682. The molecule has 1 aliphatic rings. The largest absolute Gasteiger partial charge is 0.507 e. The number of aliphatic hydroxyl groups is 1. The molecule has 0 saturated carbocycles. The fourth-order valence-corrected chi connectivity index (χ4v) is 3.87. The van der Waals surface area contributed by atoms with E-state index >= 15 is 0 Å². The van der Waals surface area contributed by atoms with E-state index in [1.165, 1.54) is 29.2 Å². The summed E-state index contributed by atoms with van der Waals surface area (Å²) in [4.78, 5) is 29.2. The minimum Gasteiger partial charge on any atom is -0.507 e. The van der Waals surface area contributed by atoms with Gasteiger partial charge in [-0.25, -0.2) is 4.39 Å².